The van der Waals surface area contributed by atoms with Crippen LogP contribution < -0.4 is 0 Å². The molecule has 13 heavy (non-hydrogen) atoms. The number of hydrogen-bond acceptors (Lipinski definition) is 1. The minimum Gasteiger partial charge on any atom is -0.243 e. The van der Waals surface area contributed by atoms with E-state index >= 15 is 0 Å². The van der Waals surface area contributed by atoms with E-state index in [0.29, 0.717) is 11.8 Å². The van der Waals surface area contributed by atoms with Crippen molar-refractivity contribution in [2.75, 3.05) is 19.3 Å². The number of fused-ring (bicyclic) bond motifs is 1. The zero-order chi connectivity index (χ0) is 9.26. The van der Waals surface area contributed by atoms with Crippen LogP contribution >= 0.6 is 0 Å². The van der Waals surface area contributed by atoms with Crippen molar-refractivity contribution < 1.29 is 4.21 Å². The summed E-state index contributed by atoms with van der Waals surface area (Å²) in [5, 5.41) is 0. The summed E-state index contributed by atoms with van der Waals surface area (Å²) in [5.41, 5.74) is 0. The second-order valence-electron chi connectivity index (χ2n) is 3.72. The third-order valence-corrected chi connectivity index (χ3v) is 4.25. The van der Waals surface area contributed by atoms with E-state index in [1.54, 1.807) is 0 Å². The Kier molecular flexibility index (Phi) is 2.65. The average Bonchev–Trinajstić information content (AvgIpc) is 2.28. The van der Waals surface area contributed by atoms with Crippen LogP contribution in [0.5, 0.6) is 0 Å². The number of hydrogen-bond donors (Lipinski definition) is 0. The Morgan fingerprint density at radius 2 is 2.00 bits per heavy atom. The van der Waals surface area contributed by atoms with Crippen molar-refractivity contribution in [3.05, 3.63) is 24.3 Å². The second-order valence-corrected chi connectivity index (χ2v) is 5.40. The molecule has 1 aliphatic carbocycles. The Bertz CT molecular complexity index is 272. The minimum absolute atomic E-state index is 0.571. The molecular weight excluding hydrogens is 182 g/mol. The van der Waals surface area contributed by atoms with Gasteiger partial charge < -0.3 is 0 Å². The fourth-order valence-electron chi connectivity index (χ4n) is 1.98. The van der Waals surface area contributed by atoms with E-state index in [1.165, 1.54) is 0 Å². The maximum Gasteiger partial charge on any atom is 0.0940 e. The highest BCUT2D eigenvalue weighted by Crippen LogP contribution is 2.27. The molecule has 1 heterocycles. The van der Waals surface area contributed by atoms with Crippen molar-refractivity contribution in [3.8, 4) is 0 Å². The Morgan fingerprint density at radius 1 is 1.31 bits per heavy atom. The maximum atomic E-state index is 11.5. The van der Waals surface area contributed by atoms with Gasteiger partial charge in [-0.1, -0.05) is 24.3 Å². The van der Waals surface area contributed by atoms with Crippen molar-refractivity contribution in [2.45, 2.75) is 6.42 Å². The summed E-state index contributed by atoms with van der Waals surface area (Å²) in [6.07, 6.45) is 9.76. The molecular formula is C10H15NOS. The molecule has 2 aliphatic rings. The molecule has 3 heteroatoms. The van der Waals surface area contributed by atoms with E-state index in [9.17, 15) is 4.21 Å². The molecule has 0 saturated carbocycles. The summed E-state index contributed by atoms with van der Waals surface area (Å²) in [5.74, 6) is 2.00. The van der Waals surface area contributed by atoms with E-state index in [0.717, 1.165) is 18.7 Å². The molecule has 1 fully saturated rings. The van der Waals surface area contributed by atoms with Gasteiger partial charge in [0.2, 0.25) is 0 Å². The summed E-state index contributed by atoms with van der Waals surface area (Å²) in [6.45, 7) is 0.929. The van der Waals surface area contributed by atoms with Gasteiger partial charge in [0.15, 0.2) is 0 Å². The first-order valence-corrected chi connectivity index (χ1v) is 5.99. The van der Waals surface area contributed by atoms with Crippen molar-refractivity contribution in [3.63, 3.8) is 0 Å². The predicted molar refractivity (Wildman–Crippen MR) is 55.5 cm³/mol. The van der Waals surface area contributed by atoms with Crippen LogP contribution in [0, 0.1) is 11.8 Å². The molecule has 0 N–H and O–H groups in total. The van der Waals surface area contributed by atoms with Crippen molar-refractivity contribution in [1.29, 1.82) is 0 Å². The van der Waals surface area contributed by atoms with Crippen molar-refractivity contribution in [1.82, 2.24) is 4.31 Å². The van der Waals surface area contributed by atoms with Gasteiger partial charge in [-0.3, -0.25) is 0 Å². The van der Waals surface area contributed by atoms with Gasteiger partial charge >= 0.3 is 0 Å². The third kappa shape index (κ3) is 1.92. The number of allylic oxidation sites excluding steroid dienone is 3. The predicted octanol–water partition coefficient (Wildman–Crippen LogP) is 1.34. The highest BCUT2D eigenvalue weighted by Gasteiger charge is 2.26. The first kappa shape index (κ1) is 9.16. The fourth-order valence-corrected chi connectivity index (χ4v) is 3.10. The largest absolute Gasteiger partial charge is 0.243 e. The lowest BCUT2D eigenvalue weighted by Crippen LogP contribution is -2.27. The topological polar surface area (TPSA) is 20.3 Å². The van der Waals surface area contributed by atoms with E-state index in [4.69, 9.17) is 0 Å². The van der Waals surface area contributed by atoms with Crippen LogP contribution in [0.1, 0.15) is 6.42 Å². The van der Waals surface area contributed by atoms with Crippen LogP contribution in [-0.4, -0.2) is 27.9 Å². The standard InChI is InChI=1S/C10H15NOS/c1-11-8-10-5-3-2-4-9(10)6-7-13(11)12/h2-5,9-10H,6-8H2,1H3. The van der Waals surface area contributed by atoms with Gasteiger partial charge in [0, 0.05) is 12.3 Å². The molecule has 3 atom stereocenters. The zero-order valence-corrected chi connectivity index (χ0v) is 8.67. The molecule has 0 aromatic carbocycles. The van der Waals surface area contributed by atoms with Crippen LogP contribution in [0.25, 0.3) is 0 Å². The number of nitrogens with zero attached hydrogens (tertiary/aromatic N) is 1. The van der Waals surface area contributed by atoms with Crippen molar-refractivity contribution >= 4 is 11.0 Å². The minimum atomic E-state index is -0.754. The molecule has 0 spiro atoms. The Hall–Kier alpha value is -0.410. The molecule has 0 radical (unpaired) electrons. The van der Waals surface area contributed by atoms with E-state index in [2.05, 4.69) is 24.3 Å². The first-order chi connectivity index (χ1) is 6.27. The lowest BCUT2D eigenvalue weighted by atomic mass is 9.86. The van der Waals surface area contributed by atoms with Crippen LogP contribution in [-0.2, 0) is 11.0 Å². The molecule has 1 saturated heterocycles. The molecule has 1 aliphatic heterocycles. The molecule has 0 amide bonds. The van der Waals surface area contributed by atoms with Crippen LogP contribution in [0.3, 0.4) is 0 Å². The third-order valence-electron chi connectivity index (χ3n) is 2.82. The quantitative estimate of drug-likeness (QED) is 0.574. The molecule has 3 unspecified atom stereocenters. The normalized spacial score (nSPS) is 39.9. The second kappa shape index (κ2) is 3.76. The van der Waals surface area contributed by atoms with Gasteiger partial charge in [-0.15, -0.1) is 0 Å². The molecule has 0 bridgehead atoms. The van der Waals surface area contributed by atoms with Crippen LogP contribution in [0.2, 0.25) is 0 Å². The smallest absolute Gasteiger partial charge is 0.0940 e. The summed E-state index contributed by atoms with van der Waals surface area (Å²) in [7, 11) is 1.20. The summed E-state index contributed by atoms with van der Waals surface area (Å²) >= 11 is 0. The SMILES string of the molecule is CN1CC2C=CC=CC2CCS1=O. The van der Waals surface area contributed by atoms with Gasteiger partial charge in [0.25, 0.3) is 0 Å². The summed E-state index contributed by atoms with van der Waals surface area (Å²) in [6, 6.07) is 0. The monoisotopic (exact) mass is 197 g/mol. The molecule has 0 aromatic rings. The van der Waals surface area contributed by atoms with E-state index in [-0.39, 0.29) is 0 Å². The summed E-state index contributed by atoms with van der Waals surface area (Å²) in [4.78, 5) is 0. The van der Waals surface area contributed by atoms with Crippen LogP contribution in [0.4, 0.5) is 0 Å². The van der Waals surface area contributed by atoms with Gasteiger partial charge in [-0.25, -0.2) is 8.51 Å². The van der Waals surface area contributed by atoms with E-state index < -0.39 is 11.0 Å². The highest BCUT2D eigenvalue weighted by molar-refractivity contribution is 7.82. The van der Waals surface area contributed by atoms with Gasteiger partial charge in [-0.2, -0.15) is 0 Å². The maximum absolute atomic E-state index is 11.5. The van der Waals surface area contributed by atoms with E-state index in [1.807, 2.05) is 11.4 Å². The van der Waals surface area contributed by atoms with Crippen molar-refractivity contribution in [2.24, 2.45) is 11.8 Å². The summed E-state index contributed by atoms with van der Waals surface area (Å²) < 4.78 is 13.5. The first-order valence-electron chi connectivity index (χ1n) is 4.72. The Morgan fingerprint density at radius 3 is 2.77 bits per heavy atom. The lowest BCUT2D eigenvalue weighted by Gasteiger charge is -2.22. The van der Waals surface area contributed by atoms with Gasteiger partial charge in [0.1, 0.15) is 0 Å². The molecule has 0 aromatic heterocycles. The zero-order valence-electron chi connectivity index (χ0n) is 7.85. The van der Waals surface area contributed by atoms with Gasteiger partial charge in [-0.05, 0) is 25.3 Å². The average molecular weight is 197 g/mol. The van der Waals surface area contributed by atoms with Crippen LogP contribution in [0.15, 0.2) is 24.3 Å². The fraction of sp³-hybridized carbons (Fsp3) is 0.600. The lowest BCUT2D eigenvalue weighted by molar-refractivity contribution is 0.392. The Labute approximate surface area is 81.9 Å². The van der Waals surface area contributed by atoms with Gasteiger partial charge in [0.05, 0.1) is 11.0 Å². The Balaban J connectivity index is 2.14. The molecule has 2 rings (SSSR count). The number of rotatable bonds is 0. The molecule has 72 valence electrons. The highest BCUT2D eigenvalue weighted by atomic mass is 32.2. The molecule has 2 nitrogen and oxygen atoms in total.